The summed E-state index contributed by atoms with van der Waals surface area (Å²) in [7, 11) is 0. The number of hydrogen-bond donors (Lipinski definition) is 2. The van der Waals surface area contributed by atoms with Crippen molar-refractivity contribution in [1.82, 2.24) is 10.2 Å². The normalized spacial score (nSPS) is 26.9. The van der Waals surface area contributed by atoms with Crippen LogP contribution in [0.25, 0.3) is 0 Å². The average molecular weight is 332 g/mol. The van der Waals surface area contributed by atoms with E-state index in [-0.39, 0.29) is 29.7 Å². The molecule has 1 aromatic rings. The molecule has 1 fully saturated rings. The van der Waals surface area contributed by atoms with E-state index in [1.54, 1.807) is 0 Å². The highest BCUT2D eigenvalue weighted by Crippen LogP contribution is 2.39. The second-order valence-electron chi connectivity index (χ2n) is 7.69. The van der Waals surface area contributed by atoms with Crippen molar-refractivity contribution in [1.29, 1.82) is 0 Å². The Kier molecular flexibility index (Phi) is 4.72. The third kappa shape index (κ3) is 3.66. The molecule has 0 saturated carbocycles. The summed E-state index contributed by atoms with van der Waals surface area (Å²) in [6.07, 6.45) is 2.29. The van der Waals surface area contributed by atoms with Crippen molar-refractivity contribution >= 4 is 6.03 Å². The first-order chi connectivity index (χ1) is 11.4. The Labute approximate surface area is 144 Å². The summed E-state index contributed by atoms with van der Waals surface area (Å²) in [6.45, 7) is 7.28. The summed E-state index contributed by atoms with van der Waals surface area (Å²) in [5.41, 5.74) is 0.727. The van der Waals surface area contributed by atoms with E-state index < -0.39 is 0 Å². The fourth-order valence-electron chi connectivity index (χ4n) is 3.76. The lowest BCUT2D eigenvalue weighted by Gasteiger charge is -2.40. The highest BCUT2D eigenvalue weighted by Gasteiger charge is 2.35. The number of rotatable bonds is 2. The number of fused-ring (bicyclic) bond motifs is 1. The van der Waals surface area contributed by atoms with Crippen molar-refractivity contribution < 1.29 is 14.6 Å². The molecule has 1 aromatic carbocycles. The van der Waals surface area contributed by atoms with Gasteiger partial charge in [0, 0.05) is 31.0 Å². The zero-order valence-electron chi connectivity index (χ0n) is 14.8. The zero-order chi connectivity index (χ0) is 17.3. The summed E-state index contributed by atoms with van der Waals surface area (Å²) in [5, 5.41) is 13.0. The Morgan fingerprint density at radius 2 is 2.17 bits per heavy atom. The summed E-state index contributed by atoms with van der Waals surface area (Å²) in [4.78, 5) is 14.6. The van der Waals surface area contributed by atoms with E-state index >= 15 is 0 Å². The van der Waals surface area contributed by atoms with Gasteiger partial charge in [-0.2, -0.15) is 0 Å². The minimum Gasteiger partial charge on any atom is -0.487 e. The smallest absolute Gasteiger partial charge is 0.317 e. The van der Waals surface area contributed by atoms with Crippen LogP contribution in [0.2, 0.25) is 0 Å². The lowest BCUT2D eigenvalue weighted by molar-refractivity contribution is 0.0600. The third-order valence-electron chi connectivity index (χ3n) is 5.10. The number of benzene rings is 1. The number of ether oxygens (including phenoxy) is 1. The van der Waals surface area contributed by atoms with E-state index in [1.165, 1.54) is 0 Å². The highest BCUT2D eigenvalue weighted by atomic mass is 16.5. The van der Waals surface area contributed by atoms with Crippen LogP contribution in [0.5, 0.6) is 5.75 Å². The standard InChI is InChI=1S/C19H28N2O3/c1-13(22)14-7-6-10-21(12-14)18(23)20-16-11-19(2,3)24-17-9-5-4-8-15(16)17/h4-5,8-9,13-14,16,22H,6-7,10-12H2,1-3H3,(H,20,23). The SMILES string of the molecule is CC(O)C1CCCN(C(=O)NC2CC(C)(C)Oc3ccccc32)C1. The van der Waals surface area contributed by atoms with Crippen molar-refractivity contribution in [3.8, 4) is 5.75 Å². The van der Waals surface area contributed by atoms with Crippen LogP contribution >= 0.6 is 0 Å². The summed E-state index contributed by atoms with van der Waals surface area (Å²) < 4.78 is 6.03. The number of nitrogens with zero attached hydrogens (tertiary/aromatic N) is 1. The van der Waals surface area contributed by atoms with Gasteiger partial charge in [-0.25, -0.2) is 4.79 Å². The molecule has 0 bridgehead atoms. The summed E-state index contributed by atoms with van der Waals surface area (Å²) in [6, 6.07) is 7.81. The van der Waals surface area contributed by atoms with E-state index in [1.807, 2.05) is 49.9 Å². The van der Waals surface area contributed by atoms with Crippen molar-refractivity contribution in [2.45, 2.75) is 57.8 Å². The zero-order valence-corrected chi connectivity index (χ0v) is 14.8. The number of amides is 2. The van der Waals surface area contributed by atoms with Crippen LogP contribution in [0, 0.1) is 5.92 Å². The van der Waals surface area contributed by atoms with Gasteiger partial charge in [0.15, 0.2) is 0 Å². The molecular weight excluding hydrogens is 304 g/mol. The molecule has 2 aliphatic heterocycles. The Morgan fingerprint density at radius 3 is 2.92 bits per heavy atom. The van der Waals surface area contributed by atoms with Crippen molar-refractivity contribution in [2.24, 2.45) is 5.92 Å². The number of carbonyl (C=O) groups is 1. The maximum absolute atomic E-state index is 12.7. The number of para-hydroxylation sites is 1. The maximum atomic E-state index is 12.7. The molecule has 0 aliphatic carbocycles. The van der Waals surface area contributed by atoms with Crippen molar-refractivity contribution in [3.63, 3.8) is 0 Å². The summed E-state index contributed by atoms with van der Waals surface area (Å²) >= 11 is 0. The fourth-order valence-corrected chi connectivity index (χ4v) is 3.76. The van der Waals surface area contributed by atoms with Gasteiger partial charge in [0.1, 0.15) is 11.4 Å². The molecule has 132 valence electrons. The van der Waals surface area contributed by atoms with Crippen LogP contribution in [-0.2, 0) is 0 Å². The molecule has 1 saturated heterocycles. The van der Waals surface area contributed by atoms with Crippen LogP contribution in [-0.4, -0.2) is 40.8 Å². The number of nitrogens with one attached hydrogen (secondary N) is 1. The van der Waals surface area contributed by atoms with Crippen molar-refractivity contribution in [2.75, 3.05) is 13.1 Å². The van der Waals surface area contributed by atoms with Gasteiger partial charge >= 0.3 is 6.03 Å². The monoisotopic (exact) mass is 332 g/mol. The molecule has 5 nitrogen and oxygen atoms in total. The summed E-state index contributed by atoms with van der Waals surface area (Å²) in [5.74, 6) is 1.02. The van der Waals surface area contributed by atoms with Crippen LogP contribution < -0.4 is 10.1 Å². The topological polar surface area (TPSA) is 61.8 Å². The molecule has 3 atom stereocenters. The molecule has 24 heavy (non-hydrogen) atoms. The molecule has 2 aliphatic rings. The number of carbonyl (C=O) groups excluding carboxylic acids is 1. The minimum absolute atomic E-state index is 0.0437. The Bertz CT molecular complexity index is 600. The third-order valence-corrected chi connectivity index (χ3v) is 5.10. The predicted molar refractivity (Wildman–Crippen MR) is 93.0 cm³/mol. The van der Waals surface area contributed by atoms with Crippen LogP contribution in [0.3, 0.4) is 0 Å². The molecule has 0 aromatic heterocycles. The lowest BCUT2D eigenvalue weighted by atomic mass is 9.89. The minimum atomic E-state index is -0.372. The molecule has 0 spiro atoms. The van der Waals surface area contributed by atoms with Gasteiger partial charge in [-0.05, 0) is 39.7 Å². The number of aliphatic hydroxyl groups is 1. The molecule has 2 heterocycles. The molecular formula is C19H28N2O3. The number of likely N-dealkylation sites (tertiary alicyclic amines) is 1. The number of urea groups is 1. The molecule has 3 unspecified atom stereocenters. The molecule has 3 rings (SSSR count). The van der Waals surface area contributed by atoms with Gasteiger partial charge in [0.25, 0.3) is 0 Å². The van der Waals surface area contributed by atoms with Crippen LogP contribution in [0.4, 0.5) is 4.79 Å². The first-order valence-corrected chi connectivity index (χ1v) is 8.87. The maximum Gasteiger partial charge on any atom is 0.317 e. The Morgan fingerprint density at radius 1 is 1.42 bits per heavy atom. The second kappa shape index (κ2) is 6.63. The van der Waals surface area contributed by atoms with Crippen molar-refractivity contribution in [3.05, 3.63) is 29.8 Å². The van der Waals surface area contributed by atoms with Gasteiger partial charge in [-0.3, -0.25) is 0 Å². The average Bonchev–Trinajstić information content (AvgIpc) is 2.54. The number of hydrogen-bond acceptors (Lipinski definition) is 3. The predicted octanol–water partition coefficient (Wildman–Crippen LogP) is 3.09. The van der Waals surface area contributed by atoms with Gasteiger partial charge in [-0.15, -0.1) is 0 Å². The van der Waals surface area contributed by atoms with Gasteiger partial charge in [-0.1, -0.05) is 18.2 Å². The largest absolute Gasteiger partial charge is 0.487 e. The number of aliphatic hydroxyl groups excluding tert-OH is 1. The van der Waals surface area contributed by atoms with E-state index in [9.17, 15) is 9.90 Å². The van der Waals surface area contributed by atoms with E-state index in [0.29, 0.717) is 6.54 Å². The quantitative estimate of drug-likeness (QED) is 0.875. The van der Waals surface area contributed by atoms with E-state index in [0.717, 1.165) is 37.1 Å². The lowest BCUT2D eigenvalue weighted by Crippen LogP contribution is -2.50. The van der Waals surface area contributed by atoms with E-state index in [4.69, 9.17) is 4.74 Å². The first-order valence-electron chi connectivity index (χ1n) is 8.87. The number of piperidine rings is 1. The molecule has 5 heteroatoms. The van der Waals surface area contributed by atoms with Gasteiger partial charge in [0.05, 0.1) is 12.1 Å². The second-order valence-corrected chi connectivity index (χ2v) is 7.69. The Hall–Kier alpha value is -1.75. The molecule has 0 radical (unpaired) electrons. The van der Waals surface area contributed by atoms with Gasteiger partial charge in [0.2, 0.25) is 0 Å². The van der Waals surface area contributed by atoms with E-state index in [2.05, 4.69) is 5.32 Å². The fraction of sp³-hybridized carbons (Fsp3) is 0.632. The highest BCUT2D eigenvalue weighted by molar-refractivity contribution is 5.75. The Balaban J connectivity index is 1.72. The van der Waals surface area contributed by atoms with Gasteiger partial charge < -0.3 is 20.1 Å². The first kappa shape index (κ1) is 17.1. The molecule has 2 N–H and O–H groups in total. The van der Waals surface area contributed by atoms with Crippen LogP contribution in [0.1, 0.15) is 51.6 Å². The van der Waals surface area contributed by atoms with Crippen LogP contribution in [0.15, 0.2) is 24.3 Å². The molecule has 2 amide bonds.